The number of aliphatic hydroxyl groups excluding tert-OH is 2. The number of nitrogens with zero attached hydrogens (tertiary/aromatic N) is 2. The van der Waals surface area contributed by atoms with Crippen LogP contribution in [-0.2, 0) is 44.5 Å². The van der Waals surface area contributed by atoms with Gasteiger partial charge < -0.3 is 43.9 Å². The molecular formula is C37H60N2O11. The minimum Gasteiger partial charge on any atom is -0.461 e. The SMILES string of the molecule is CC[C@H]1OC(=O)[C@H](C)[C@@H](OC(=O)Cc2ccncc2)[C@H](C)[C@@H](OC2O[C@H](C)C[C@H](N(C)C)[C@H]2O)[C@@](C)(OC)C[C@@H](C)C(=O)[C@H](C)[C@@H](O)[C@]1(C)O. The number of aromatic nitrogens is 1. The van der Waals surface area contributed by atoms with Gasteiger partial charge in [-0.2, -0.15) is 0 Å². The van der Waals surface area contributed by atoms with Gasteiger partial charge in [-0.25, -0.2) is 0 Å². The van der Waals surface area contributed by atoms with Crippen LogP contribution in [-0.4, -0.2) is 124 Å². The number of rotatable bonds is 8. The number of hydrogen-bond donors (Lipinski definition) is 3. The minimum absolute atomic E-state index is 0.0831. The fraction of sp³-hybridized carbons (Fsp3) is 0.784. The molecule has 1 aromatic heterocycles. The van der Waals surface area contributed by atoms with Gasteiger partial charge in [-0.15, -0.1) is 0 Å². The number of carbonyl (C=O) groups excluding carboxylic acids is 3. The van der Waals surface area contributed by atoms with E-state index in [9.17, 15) is 29.7 Å². The van der Waals surface area contributed by atoms with E-state index in [2.05, 4.69) is 4.98 Å². The van der Waals surface area contributed by atoms with E-state index < -0.39 is 83.6 Å². The summed E-state index contributed by atoms with van der Waals surface area (Å²) in [6, 6.07) is 3.08. The Hall–Kier alpha value is -2.52. The van der Waals surface area contributed by atoms with Crippen LogP contribution in [0.2, 0.25) is 0 Å². The molecule has 3 heterocycles. The second kappa shape index (κ2) is 17.3. The van der Waals surface area contributed by atoms with Crippen LogP contribution < -0.4 is 0 Å². The van der Waals surface area contributed by atoms with E-state index in [0.29, 0.717) is 12.0 Å². The zero-order valence-electron chi connectivity index (χ0n) is 31.6. The highest BCUT2D eigenvalue weighted by Gasteiger charge is 2.52. The first-order valence-corrected chi connectivity index (χ1v) is 17.7. The zero-order valence-corrected chi connectivity index (χ0v) is 31.6. The first-order valence-electron chi connectivity index (χ1n) is 17.7. The third-order valence-electron chi connectivity index (χ3n) is 10.9. The molecule has 1 unspecified atom stereocenters. The van der Waals surface area contributed by atoms with Crippen molar-refractivity contribution in [3.05, 3.63) is 30.1 Å². The molecule has 14 atom stereocenters. The van der Waals surface area contributed by atoms with Gasteiger partial charge in [0.2, 0.25) is 0 Å². The Morgan fingerprint density at radius 3 is 2.24 bits per heavy atom. The van der Waals surface area contributed by atoms with E-state index in [0.717, 1.165) is 0 Å². The molecule has 13 heteroatoms. The molecule has 13 nitrogen and oxygen atoms in total. The molecule has 2 aliphatic rings. The molecule has 0 aliphatic carbocycles. The molecule has 0 amide bonds. The predicted octanol–water partition coefficient (Wildman–Crippen LogP) is 2.70. The Morgan fingerprint density at radius 1 is 1.06 bits per heavy atom. The maximum absolute atomic E-state index is 14.0. The van der Waals surface area contributed by atoms with Crippen LogP contribution in [0.4, 0.5) is 0 Å². The van der Waals surface area contributed by atoms with Gasteiger partial charge in [0, 0.05) is 43.3 Å². The average Bonchev–Trinajstić information content (AvgIpc) is 3.07. The normalized spacial score (nSPS) is 40.9. The van der Waals surface area contributed by atoms with E-state index in [1.54, 1.807) is 59.1 Å². The van der Waals surface area contributed by atoms with Gasteiger partial charge in [-0.1, -0.05) is 27.7 Å². The quantitative estimate of drug-likeness (QED) is 0.337. The lowest BCUT2D eigenvalue weighted by atomic mass is 9.74. The van der Waals surface area contributed by atoms with Crippen molar-refractivity contribution in [2.75, 3.05) is 21.2 Å². The van der Waals surface area contributed by atoms with E-state index in [4.69, 9.17) is 23.7 Å². The topological polar surface area (TPSA) is 174 Å². The standard InChI is InChI=1S/C37H60N2O11/c1-12-27-37(8,45)32(43)22(4)29(41)20(2)19-36(7,46-11)33(50-35-30(42)26(39(9)10)17-21(3)47-35)23(5)31(24(6)34(44)48-27)49-28(40)18-25-13-15-38-16-14-25/h13-16,20-24,26-27,30-33,35,42-43,45H,12,17-19H2,1-11H3/t20-,21-,22+,23+,24-,26+,27-,30-,31+,32-,33-,35?,36+,37-/m1/s1. The lowest BCUT2D eigenvalue weighted by molar-refractivity contribution is -0.301. The highest BCUT2D eigenvalue weighted by atomic mass is 16.7. The Kier molecular flexibility index (Phi) is 14.5. The smallest absolute Gasteiger partial charge is 0.312 e. The second-order valence-electron chi connectivity index (χ2n) is 15.1. The highest BCUT2D eigenvalue weighted by molar-refractivity contribution is 5.83. The van der Waals surface area contributed by atoms with E-state index in [1.807, 2.05) is 25.9 Å². The van der Waals surface area contributed by atoms with Crippen LogP contribution in [0, 0.1) is 23.7 Å². The van der Waals surface area contributed by atoms with E-state index in [-0.39, 0.29) is 37.2 Å². The average molecular weight is 709 g/mol. The third kappa shape index (κ3) is 9.47. The molecule has 1 aromatic rings. The Balaban J connectivity index is 2.18. The number of esters is 2. The van der Waals surface area contributed by atoms with Crippen LogP contribution in [0.1, 0.15) is 80.2 Å². The van der Waals surface area contributed by atoms with Crippen molar-refractivity contribution in [3.63, 3.8) is 0 Å². The summed E-state index contributed by atoms with van der Waals surface area (Å²) in [6.07, 6.45) is -3.62. The van der Waals surface area contributed by atoms with Crippen molar-refractivity contribution in [2.45, 2.75) is 141 Å². The molecule has 0 saturated carbocycles. The lowest BCUT2D eigenvalue weighted by Crippen LogP contribution is -2.60. The number of carbonyl (C=O) groups is 3. The number of aliphatic hydroxyl groups is 3. The largest absolute Gasteiger partial charge is 0.461 e. The molecular weight excluding hydrogens is 648 g/mol. The van der Waals surface area contributed by atoms with Gasteiger partial charge in [0.15, 0.2) is 6.29 Å². The second-order valence-corrected chi connectivity index (χ2v) is 15.1. The fourth-order valence-electron chi connectivity index (χ4n) is 7.64. The van der Waals surface area contributed by atoms with Gasteiger partial charge in [0.05, 0.1) is 36.3 Å². The van der Waals surface area contributed by atoms with Crippen molar-refractivity contribution >= 4 is 17.7 Å². The molecule has 0 aromatic carbocycles. The monoisotopic (exact) mass is 708 g/mol. The molecule has 2 aliphatic heterocycles. The molecule has 0 spiro atoms. The number of hydrogen-bond acceptors (Lipinski definition) is 13. The maximum atomic E-state index is 14.0. The molecule has 0 radical (unpaired) electrons. The lowest BCUT2D eigenvalue weighted by Gasteiger charge is -2.48. The summed E-state index contributed by atoms with van der Waals surface area (Å²) in [5.74, 6) is -5.37. The predicted molar refractivity (Wildman–Crippen MR) is 184 cm³/mol. The summed E-state index contributed by atoms with van der Waals surface area (Å²) in [5, 5.41) is 34.4. The Bertz CT molecular complexity index is 1280. The van der Waals surface area contributed by atoms with Crippen molar-refractivity contribution in [1.29, 1.82) is 0 Å². The Morgan fingerprint density at radius 2 is 1.68 bits per heavy atom. The number of Topliss-reactive ketones (excluding diaryl/α,β-unsaturated/α-hetero) is 1. The van der Waals surface area contributed by atoms with Crippen LogP contribution in [0.3, 0.4) is 0 Å². The number of cyclic esters (lactones) is 1. The molecule has 3 rings (SSSR count). The fourth-order valence-corrected chi connectivity index (χ4v) is 7.64. The van der Waals surface area contributed by atoms with Gasteiger partial charge >= 0.3 is 11.9 Å². The number of ether oxygens (including phenoxy) is 5. The molecule has 3 N–H and O–H groups in total. The van der Waals surface area contributed by atoms with Crippen molar-refractivity contribution in [3.8, 4) is 0 Å². The van der Waals surface area contributed by atoms with Crippen molar-refractivity contribution in [2.24, 2.45) is 23.7 Å². The minimum atomic E-state index is -1.98. The molecule has 0 bridgehead atoms. The van der Waals surface area contributed by atoms with Crippen LogP contribution in [0.5, 0.6) is 0 Å². The summed E-state index contributed by atoms with van der Waals surface area (Å²) in [7, 11) is 5.20. The summed E-state index contributed by atoms with van der Waals surface area (Å²) in [5.41, 5.74) is -2.61. The summed E-state index contributed by atoms with van der Waals surface area (Å²) < 4.78 is 31.0. The maximum Gasteiger partial charge on any atom is 0.312 e. The number of methoxy groups -OCH3 is 1. The van der Waals surface area contributed by atoms with Crippen molar-refractivity contribution < 1.29 is 53.4 Å². The van der Waals surface area contributed by atoms with Gasteiger partial charge in [0.1, 0.15) is 29.7 Å². The number of ketones is 1. The zero-order chi connectivity index (χ0) is 37.7. The number of likely N-dealkylation sites (N-methyl/N-ethyl adjacent to an activating group) is 1. The first kappa shape index (κ1) is 41.9. The third-order valence-corrected chi connectivity index (χ3v) is 10.9. The highest BCUT2D eigenvalue weighted by Crippen LogP contribution is 2.40. The van der Waals surface area contributed by atoms with Gasteiger partial charge in [-0.3, -0.25) is 19.4 Å². The van der Waals surface area contributed by atoms with Crippen molar-refractivity contribution in [1.82, 2.24) is 9.88 Å². The van der Waals surface area contributed by atoms with Crippen LogP contribution >= 0.6 is 0 Å². The van der Waals surface area contributed by atoms with Crippen LogP contribution in [0.15, 0.2) is 24.5 Å². The summed E-state index contributed by atoms with van der Waals surface area (Å²) in [6.45, 7) is 13.3. The summed E-state index contributed by atoms with van der Waals surface area (Å²) in [4.78, 5) is 47.3. The first-order chi connectivity index (χ1) is 23.3. The van der Waals surface area contributed by atoms with Gasteiger partial charge in [0.25, 0.3) is 0 Å². The van der Waals surface area contributed by atoms with E-state index in [1.165, 1.54) is 21.0 Å². The van der Waals surface area contributed by atoms with E-state index >= 15 is 0 Å². The van der Waals surface area contributed by atoms with Gasteiger partial charge in [-0.05, 0) is 78.7 Å². The van der Waals surface area contributed by atoms with Crippen LogP contribution in [0.25, 0.3) is 0 Å². The molecule has 284 valence electrons. The summed E-state index contributed by atoms with van der Waals surface area (Å²) >= 11 is 0. The number of pyridine rings is 1. The Labute approximate surface area is 297 Å². The molecule has 2 saturated heterocycles. The molecule has 2 fully saturated rings. The molecule has 50 heavy (non-hydrogen) atoms.